The Bertz CT molecular complexity index is 278. The molecule has 1 fully saturated rings. The van der Waals surface area contributed by atoms with Gasteiger partial charge in [0.05, 0.1) is 6.10 Å². The third-order valence-electron chi connectivity index (χ3n) is 4.01. The van der Waals surface area contributed by atoms with Crippen LogP contribution in [-0.4, -0.2) is 27.1 Å². The molecule has 0 bridgehead atoms. The molecule has 1 saturated heterocycles. The van der Waals surface area contributed by atoms with E-state index >= 15 is 0 Å². The van der Waals surface area contributed by atoms with Gasteiger partial charge in [-0.2, -0.15) is 0 Å². The molecule has 0 unspecified atom stereocenters. The first kappa shape index (κ1) is 14.9. The minimum Gasteiger partial charge on any atom is -0.411 e. The monoisotopic (exact) mass is 256 g/mol. The second kappa shape index (κ2) is 5.25. The van der Waals surface area contributed by atoms with Gasteiger partial charge in [0.25, 0.3) is 0 Å². The predicted octanol–water partition coefficient (Wildman–Crippen LogP) is 4.13. The summed E-state index contributed by atoms with van der Waals surface area (Å²) in [5.74, 6) is 0. The van der Waals surface area contributed by atoms with Crippen molar-refractivity contribution in [1.82, 2.24) is 0 Å². The van der Waals surface area contributed by atoms with Crippen LogP contribution in [0.3, 0.4) is 0 Å². The number of hydrogen-bond donors (Lipinski definition) is 0. The lowest BCUT2D eigenvalue weighted by Gasteiger charge is -2.43. The topological polar surface area (TPSA) is 18.5 Å². The molecule has 0 N–H and O–H groups in total. The van der Waals surface area contributed by atoms with E-state index in [2.05, 4.69) is 40.4 Å². The van der Waals surface area contributed by atoms with E-state index in [0.29, 0.717) is 0 Å². The highest BCUT2D eigenvalue weighted by atomic mass is 28.4. The van der Waals surface area contributed by atoms with Crippen molar-refractivity contribution in [2.24, 2.45) is 0 Å². The molecule has 0 amide bonds. The molecule has 17 heavy (non-hydrogen) atoms. The van der Waals surface area contributed by atoms with Crippen LogP contribution in [0.4, 0.5) is 0 Å². The fraction of sp³-hybridized carbons (Fsp3) is 0.857. The largest absolute Gasteiger partial charge is 0.411 e. The predicted molar refractivity (Wildman–Crippen MR) is 75.9 cm³/mol. The average Bonchev–Trinajstić information content (AvgIpc) is 2.15. The fourth-order valence-electron chi connectivity index (χ4n) is 1.89. The van der Waals surface area contributed by atoms with Crippen LogP contribution >= 0.6 is 0 Å². The van der Waals surface area contributed by atoms with Crippen molar-refractivity contribution in [2.75, 3.05) is 6.61 Å². The van der Waals surface area contributed by atoms with E-state index in [1.165, 1.54) is 0 Å². The Morgan fingerprint density at radius 2 is 1.94 bits per heavy atom. The molecule has 0 aliphatic carbocycles. The van der Waals surface area contributed by atoms with Crippen molar-refractivity contribution in [3.63, 3.8) is 0 Å². The van der Waals surface area contributed by atoms with Crippen LogP contribution in [0, 0.1) is 0 Å². The van der Waals surface area contributed by atoms with Crippen molar-refractivity contribution in [1.29, 1.82) is 0 Å². The first-order valence-corrected chi connectivity index (χ1v) is 9.51. The molecule has 0 radical (unpaired) electrons. The lowest BCUT2D eigenvalue weighted by molar-refractivity contribution is -0.0476. The van der Waals surface area contributed by atoms with Gasteiger partial charge in [-0.15, -0.1) is 0 Å². The van der Waals surface area contributed by atoms with Crippen LogP contribution < -0.4 is 0 Å². The maximum Gasteiger partial charge on any atom is 0.192 e. The van der Waals surface area contributed by atoms with E-state index in [0.717, 1.165) is 25.0 Å². The Labute approximate surface area is 108 Å². The van der Waals surface area contributed by atoms with Crippen LogP contribution in [-0.2, 0) is 9.16 Å². The second-order valence-corrected chi connectivity index (χ2v) is 11.5. The molecule has 0 aromatic carbocycles. The summed E-state index contributed by atoms with van der Waals surface area (Å²) in [6.07, 6.45) is 2.51. The molecule has 1 rings (SSSR count). The maximum absolute atomic E-state index is 6.47. The van der Waals surface area contributed by atoms with Crippen LogP contribution in [0.15, 0.2) is 12.2 Å². The standard InChI is InChI=1S/C14H28O2Si/c1-11(2)13-12(9-8-10-15-13)16-17(6,7)14(3,4)5/h12-13H,1,8-10H2,2-7H3/t12-,13+/m0/s1. The minimum absolute atomic E-state index is 0.0953. The molecule has 0 spiro atoms. The van der Waals surface area contributed by atoms with Crippen molar-refractivity contribution < 1.29 is 9.16 Å². The number of hydrogen-bond acceptors (Lipinski definition) is 2. The third kappa shape index (κ3) is 3.67. The van der Waals surface area contributed by atoms with Crippen molar-refractivity contribution >= 4 is 8.32 Å². The lowest BCUT2D eigenvalue weighted by atomic mass is 10.0. The summed E-state index contributed by atoms with van der Waals surface area (Å²) in [5, 5.41) is 0.254. The van der Waals surface area contributed by atoms with Gasteiger partial charge in [0.1, 0.15) is 6.10 Å². The summed E-state index contributed by atoms with van der Waals surface area (Å²) in [4.78, 5) is 0. The zero-order valence-corrected chi connectivity index (χ0v) is 13.3. The van der Waals surface area contributed by atoms with Crippen molar-refractivity contribution in [3.05, 3.63) is 12.2 Å². The smallest absolute Gasteiger partial charge is 0.192 e. The van der Waals surface area contributed by atoms with E-state index < -0.39 is 8.32 Å². The quantitative estimate of drug-likeness (QED) is 0.558. The molecule has 1 heterocycles. The Kier molecular flexibility index (Phi) is 4.61. The summed E-state index contributed by atoms with van der Waals surface area (Å²) in [5.41, 5.74) is 1.09. The first-order chi connectivity index (χ1) is 7.65. The highest BCUT2D eigenvalue weighted by molar-refractivity contribution is 6.74. The molecule has 1 aliphatic heterocycles. The summed E-state index contributed by atoms with van der Waals surface area (Å²) in [6.45, 7) is 18.3. The highest BCUT2D eigenvalue weighted by Crippen LogP contribution is 2.39. The van der Waals surface area contributed by atoms with E-state index in [9.17, 15) is 0 Å². The molecule has 100 valence electrons. The number of ether oxygens (including phenoxy) is 1. The van der Waals surface area contributed by atoms with E-state index in [-0.39, 0.29) is 17.2 Å². The van der Waals surface area contributed by atoms with Gasteiger partial charge in [-0.25, -0.2) is 0 Å². The van der Waals surface area contributed by atoms with Gasteiger partial charge >= 0.3 is 0 Å². The average molecular weight is 256 g/mol. The highest BCUT2D eigenvalue weighted by Gasteiger charge is 2.41. The zero-order chi connectivity index (χ0) is 13.3. The zero-order valence-electron chi connectivity index (χ0n) is 12.3. The molecule has 1 aliphatic rings. The molecular formula is C14H28O2Si. The Morgan fingerprint density at radius 3 is 2.41 bits per heavy atom. The second-order valence-electron chi connectivity index (χ2n) is 6.70. The van der Waals surface area contributed by atoms with Gasteiger partial charge in [-0.1, -0.05) is 27.4 Å². The van der Waals surface area contributed by atoms with Crippen molar-refractivity contribution in [2.45, 2.75) is 70.9 Å². The fourth-order valence-corrected chi connectivity index (χ4v) is 3.24. The van der Waals surface area contributed by atoms with Gasteiger partial charge in [0.2, 0.25) is 0 Å². The molecule has 2 nitrogen and oxygen atoms in total. The van der Waals surface area contributed by atoms with E-state index in [4.69, 9.17) is 9.16 Å². The van der Waals surface area contributed by atoms with Crippen LogP contribution in [0.5, 0.6) is 0 Å². The summed E-state index contributed by atoms with van der Waals surface area (Å²) in [6, 6.07) is 0. The van der Waals surface area contributed by atoms with Gasteiger partial charge < -0.3 is 9.16 Å². The van der Waals surface area contributed by atoms with Gasteiger partial charge in [0, 0.05) is 6.61 Å². The molecule has 3 heteroatoms. The molecule has 2 atom stereocenters. The molecule has 0 aromatic rings. The third-order valence-corrected chi connectivity index (χ3v) is 8.51. The van der Waals surface area contributed by atoms with E-state index in [1.54, 1.807) is 0 Å². The summed E-state index contributed by atoms with van der Waals surface area (Å²) in [7, 11) is -1.70. The van der Waals surface area contributed by atoms with Gasteiger partial charge in [-0.05, 0) is 43.5 Å². The van der Waals surface area contributed by atoms with Gasteiger partial charge in [-0.3, -0.25) is 0 Å². The lowest BCUT2D eigenvalue weighted by Crippen LogP contribution is -2.49. The molecule has 0 aromatic heterocycles. The normalized spacial score (nSPS) is 26.9. The number of rotatable bonds is 3. The van der Waals surface area contributed by atoms with Gasteiger partial charge in [0.15, 0.2) is 8.32 Å². The van der Waals surface area contributed by atoms with E-state index in [1.807, 2.05) is 6.92 Å². The molecule has 0 saturated carbocycles. The first-order valence-electron chi connectivity index (χ1n) is 6.60. The molecular weight excluding hydrogens is 228 g/mol. The Balaban J connectivity index is 2.74. The minimum atomic E-state index is -1.70. The summed E-state index contributed by atoms with van der Waals surface area (Å²) < 4.78 is 12.3. The SMILES string of the molecule is C=C(C)[C@H]1OCCC[C@@H]1O[Si](C)(C)C(C)(C)C. The van der Waals surface area contributed by atoms with Crippen LogP contribution in [0.1, 0.15) is 40.5 Å². The Morgan fingerprint density at radius 1 is 1.35 bits per heavy atom. The summed E-state index contributed by atoms with van der Waals surface area (Å²) >= 11 is 0. The van der Waals surface area contributed by atoms with Crippen molar-refractivity contribution in [3.8, 4) is 0 Å². The Hall–Kier alpha value is -0.123. The van der Waals surface area contributed by atoms with Crippen LogP contribution in [0.2, 0.25) is 18.1 Å². The van der Waals surface area contributed by atoms with Crippen LogP contribution in [0.25, 0.3) is 0 Å². The maximum atomic E-state index is 6.47.